The molecule has 1 spiro atoms. The number of hydrogen-bond acceptors (Lipinski definition) is 7. The van der Waals surface area contributed by atoms with Crippen LogP contribution in [0, 0.1) is 0 Å². The van der Waals surface area contributed by atoms with Gasteiger partial charge in [-0.3, -0.25) is 0 Å². The summed E-state index contributed by atoms with van der Waals surface area (Å²) in [5.74, 6) is -0.300. The molecule has 178 valence electrons. The van der Waals surface area contributed by atoms with E-state index in [1.807, 2.05) is 71.0 Å². The zero-order chi connectivity index (χ0) is 24.2. The molecule has 1 aromatic rings. The van der Waals surface area contributed by atoms with E-state index in [0.717, 1.165) is 11.1 Å². The number of carbonyl (C=O) groups excluding carboxylic acids is 1. The van der Waals surface area contributed by atoms with Crippen molar-refractivity contribution in [3.8, 4) is 11.5 Å². The molecule has 33 heavy (non-hydrogen) atoms. The highest BCUT2D eigenvalue weighted by molar-refractivity contribution is 5.93. The van der Waals surface area contributed by atoms with Crippen LogP contribution in [0.15, 0.2) is 59.4 Å². The van der Waals surface area contributed by atoms with Gasteiger partial charge in [-0.05, 0) is 64.0 Å². The van der Waals surface area contributed by atoms with Gasteiger partial charge in [0.25, 0.3) is 5.79 Å². The molecular formula is C26H32O7. The first kappa shape index (κ1) is 24.6. The smallest absolute Gasteiger partial charge is 0.341 e. The van der Waals surface area contributed by atoms with Crippen molar-refractivity contribution in [2.45, 2.75) is 52.3 Å². The molecule has 0 radical (unpaired) electrons. The summed E-state index contributed by atoms with van der Waals surface area (Å²) < 4.78 is 34.4. The van der Waals surface area contributed by atoms with Crippen LogP contribution in [0.25, 0.3) is 6.08 Å². The lowest BCUT2D eigenvalue weighted by molar-refractivity contribution is -0.216. The fraction of sp³-hybridized carbons (Fsp3) is 0.423. The number of ether oxygens (including phenoxy) is 6. The van der Waals surface area contributed by atoms with E-state index in [2.05, 4.69) is 0 Å². The van der Waals surface area contributed by atoms with Crippen molar-refractivity contribution in [3.05, 3.63) is 65.0 Å². The molecule has 3 rings (SSSR count). The zero-order valence-electron chi connectivity index (χ0n) is 20.3. The molecule has 0 unspecified atom stereocenters. The van der Waals surface area contributed by atoms with Gasteiger partial charge in [0.05, 0.1) is 26.1 Å². The van der Waals surface area contributed by atoms with E-state index in [1.165, 1.54) is 20.5 Å². The monoisotopic (exact) mass is 456 g/mol. The number of allylic oxidation sites excluding steroid dienone is 3. The first-order valence-corrected chi connectivity index (χ1v) is 10.7. The van der Waals surface area contributed by atoms with Crippen LogP contribution in [0.1, 0.15) is 40.2 Å². The topological polar surface area (TPSA) is 72.5 Å². The Labute approximate surface area is 195 Å². The van der Waals surface area contributed by atoms with Crippen molar-refractivity contribution in [1.82, 2.24) is 0 Å². The Bertz CT molecular complexity index is 1010. The number of fused-ring (bicyclic) bond motifs is 1. The van der Waals surface area contributed by atoms with Gasteiger partial charge < -0.3 is 28.4 Å². The minimum atomic E-state index is -1.06. The highest BCUT2D eigenvalue weighted by Gasteiger charge is 2.60. The molecule has 2 aliphatic rings. The lowest BCUT2D eigenvalue weighted by Crippen LogP contribution is -2.58. The molecule has 0 saturated carbocycles. The van der Waals surface area contributed by atoms with Gasteiger partial charge in [0.2, 0.25) is 0 Å². The van der Waals surface area contributed by atoms with Crippen LogP contribution in [-0.4, -0.2) is 44.5 Å². The predicted octanol–water partition coefficient (Wildman–Crippen LogP) is 4.93. The van der Waals surface area contributed by atoms with Gasteiger partial charge in [-0.15, -0.1) is 0 Å². The highest BCUT2D eigenvalue weighted by atomic mass is 16.8. The molecule has 2 heterocycles. The second-order valence-corrected chi connectivity index (χ2v) is 8.68. The van der Waals surface area contributed by atoms with Crippen LogP contribution in [0.5, 0.6) is 11.5 Å². The largest absolute Gasteiger partial charge is 0.503 e. The molecular weight excluding hydrogens is 424 g/mol. The number of carbonyl (C=O) groups is 1. The van der Waals surface area contributed by atoms with E-state index in [4.69, 9.17) is 28.4 Å². The van der Waals surface area contributed by atoms with Crippen LogP contribution in [0.4, 0.5) is 0 Å². The van der Waals surface area contributed by atoms with Crippen molar-refractivity contribution in [2.24, 2.45) is 0 Å². The molecule has 7 nitrogen and oxygen atoms in total. The Balaban J connectivity index is 1.81. The minimum absolute atomic E-state index is 0.222. The molecule has 0 amide bonds. The standard InChI is InChI=1S/C26H32O7/c1-17(2)13-23-32-25(4,5)26(33-23)16-30-21-12-11-19(14-22(21)31-26)10-8-9-18(3)20(15-28-6)24(27)29-7/h8-15,23H,16H2,1-7H3/b10-8+,18-9-,20-15+/t23-,26-/m0/s1. The van der Waals surface area contributed by atoms with Gasteiger partial charge in [0.15, 0.2) is 24.4 Å². The summed E-state index contributed by atoms with van der Waals surface area (Å²) in [4.78, 5) is 11.9. The fourth-order valence-electron chi connectivity index (χ4n) is 3.56. The van der Waals surface area contributed by atoms with Gasteiger partial charge in [0, 0.05) is 0 Å². The van der Waals surface area contributed by atoms with Crippen molar-refractivity contribution < 1.29 is 33.2 Å². The van der Waals surface area contributed by atoms with Gasteiger partial charge >= 0.3 is 5.97 Å². The van der Waals surface area contributed by atoms with Crippen LogP contribution in [-0.2, 0) is 23.7 Å². The van der Waals surface area contributed by atoms with Crippen LogP contribution in [0.2, 0.25) is 0 Å². The maximum Gasteiger partial charge on any atom is 0.341 e. The summed E-state index contributed by atoms with van der Waals surface area (Å²) in [6.45, 7) is 9.88. The molecule has 1 aromatic carbocycles. The summed E-state index contributed by atoms with van der Waals surface area (Å²) in [5.41, 5.74) is 2.33. The molecule has 0 aliphatic carbocycles. The summed E-state index contributed by atoms with van der Waals surface area (Å²) in [6.07, 6.45) is 8.33. The number of methoxy groups -OCH3 is 2. The zero-order valence-corrected chi connectivity index (χ0v) is 20.3. The molecule has 1 fully saturated rings. The van der Waals surface area contributed by atoms with Gasteiger partial charge in [-0.2, -0.15) is 0 Å². The van der Waals surface area contributed by atoms with Crippen molar-refractivity contribution in [2.75, 3.05) is 20.8 Å². The number of hydrogen-bond donors (Lipinski definition) is 0. The predicted molar refractivity (Wildman–Crippen MR) is 125 cm³/mol. The highest BCUT2D eigenvalue weighted by Crippen LogP contribution is 2.46. The summed E-state index contributed by atoms with van der Waals surface area (Å²) >= 11 is 0. The van der Waals surface area contributed by atoms with Crippen molar-refractivity contribution in [1.29, 1.82) is 0 Å². The first-order chi connectivity index (χ1) is 15.6. The molecule has 0 bridgehead atoms. The second-order valence-electron chi connectivity index (χ2n) is 8.68. The Morgan fingerprint density at radius 1 is 1.12 bits per heavy atom. The third-order valence-corrected chi connectivity index (χ3v) is 5.47. The summed E-state index contributed by atoms with van der Waals surface area (Å²) in [7, 11) is 2.81. The summed E-state index contributed by atoms with van der Waals surface area (Å²) in [5, 5.41) is 0. The minimum Gasteiger partial charge on any atom is -0.503 e. The van der Waals surface area contributed by atoms with E-state index in [-0.39, 0.29) is 6.61 Å². The van der Waals surface area contributed by atoms with Gasteiger partial charge in [-0.1, -0.05) is 29.9 Å². The third-order valence-electron chi connectivity index (χ3n) is 5.47. The maximum absolute atomic E-state index is 11.9. The SMILES string of the molecule is CO\C=C(C(=O)OC)/C(C)=C\C=C\c1ccc2c(c1)O[C@@]1(CO2)O[C@@H](C=C(C)C)OC1(C)C. The Kier molecular flexibility index (Phi) is 7.34. The lowest BCUT2D eigenvalue weighted by atomic mass is 9.97. The molecule has 0 aromatic heterocycles. The number of benzene rings is 1. The molecule has 2 atom stereocenters. The molecule has 7 heteroatoms. The molecule has 1 saturated heterocycles. The van der Waals surface area contributed by atoms with Crippen molar-refractivity contribution >= 4 is 12.0 Å². The van der Waals surface area contributed by atoms with E-state index in [9.17, 15) is 4.79 Å². The lowest BCUT2D eigenvalue weighted by Gasteiger charge is -2.40. The van der Waals surface area contributed by atoms with Gasteiger partial charge in [0.1, 0.15) is 5.60 Å². The fourth-order valence-corrected chi connectivity index (χ4v) is 3.56. The van der Waals surface area contributed by atoms with E-state index in [1.54, 1.807) is 6.08 Å². The second kappa shape index (κ2) is 9.85. The van der Waals surface area contributed by atoms with Crippen LogP contribution >= 0.6 is 0 Å². The normalized spacial score (nSPS) is 24.2. The quantitative estimate of drug-likeness (QED) is 0.197. The van der Waals surface area contributed by atoms with E-state index in [0.29, 0.717) is 22.6 Å². The first-order valence-electron chi connectivity index (χ1n) is 10.7. The van der Waals surface area contributed by atoms with Crippen molar-refractivity contribution in [3.63, 3.8) is 0 Å². The molecule has 0 N–H and O–H groups in total. The van der Waals surface area contributed by atoms with E-state index < -0.39 is 23.6 Å². The number of esters is 1. The maximum atomic E-state index is 11.9. The average molecular weight is 457 g/mol. The van der Waals surface area contributed by atoms with Gasteiger partial charge in [-0.25, -0.2) is 4.79 Å². The molecule has 2 aliphatic heterocycles. The Hall–Kier alpha value is -3.03. The summed E-state index contributed by atoms with van der Waals surface area (Å²) in [6, 6.07) is 5.67. The third kappa shape index (κ3) is 5.31. The van der Waals surface area contributed by atoms with Crippen LogP contribution in [0.3, 0.4) is 0 Å². The average Bonchev–Trinajstić information content (AvgIpc) is 2.98. The Morgan fingerprint density at radius 3 is 2.55 bits per heavy atom. The number of rotatable bonds is 6. The van der Waals surface area contributed by atoms with E-state index >= 15 is 0 Å². The van der Waals surface area contributed by atoms with Crippen LogP contribution < -0.4 is 9.47 Å². The Morgan fingerprint density at radius 2 is 1.88 bits per heavy atom.